The lowest BCUT2D eigenvalue weighted by molar-refractivity contribution is 0.0317. The minimum Gasteiger partial charge on any atom is -0.393 e. The van der Waals surface area contributed by atoms with Crippen molar-refractivity contribution in [3.8, 4) is 0 Å². The van der Waals surface area contributed by atoms with Gasteiger partial charge < -0.3 is 9.67 Å². The first-order chi connectivity index (χ1) is 11.2. The fourth-order valence-corrected chi connectivity index (χ4v) is 4.20. The monoisotopic (exact) mass is 331 g/mol. The van der Waals surface area contributed by atoms with Crippen molar-refractivity contribution in [1.29, 1.82) is 0 Å². The first-order valence-electron chi connectivity index (χ1n) is 8.56. The molecular formula is C18H22ClN3O. The molecule has 2 aliphatic rings. The third-order valence-corrected chi connectivity index (χ3v) is 5.60. The lowest BCUT2D eigenvalue weighted by Crippen LogP contribution is -2.47. The van der Waals surface area contributed by atoms with Crippen LogP contribution in [0.4, 0.5) is 0 Å². The second-order valence-electron chi connectivity index (χ2n) is 6.91. The number of hydrogen-bond donors (Lipinski definition) is 1. The molecule has 0 saturated heterocycles. The highest BCUT2D eigenvalue weighted by atomic mass is 35.5. The molecule has 2 heterocycles. The van der Waals surface area contributed by atoms with Crippen LogP contribution in [-0.4, -0.2) is 26.0 Å². The molecular weight excluding hydrogens is 310 g/mol. The highest BCUT2D eigenvalue weighted by Gasteiger charge is 2.50. The summed E-state index contributed by atoms with van der Waals surface area (Å²) in [6.07, 6.45) is 7.10. The maximum atomic E-state index is 10.0. The number of nitrogens with zero attached hydrogens (tertiary/aromatic N) is 3. The van der Waals surface area contributed by atoms with Crippen molar-refractivity contribution < 1.29 is 5.11 Å². The van der Waals surface area contributed by atoms with Crippen LogP contribution in [0.1, 0.15) is 55.7 Å². The molecule has 0 unspecified atom stereocenters. The maximum absolute atomic E-state index is 10.0. The van der Waals surface area contributed by atoms with E-state index in [0.29, 0.717) is 12.8 Å². The molecule has 1 aliphatic heterocycles. The fourth-order valence-electron chi connectivity index (χ4n) is 4.08. The molecule has 0 atom stereocenters. The van der Waals surface area contributed by atoms with Crippen LogP contribution in [0.5, 0.6) is 0 Å². The second kappa shape index (κ2) is 5.91. The van der Waals surface area contributed by atoms with E-state index in [2.05, 4.69) is 26.9 Å². The second-order valence-corrected chi connectivity index (χ2v) is 7.34. The third-order valence-electron chi connectivity index (χ3n) is 5.35. The zero-order chi connectivity index (χ0) is 15.9. The van der Waals surface area contributed by atoms with Crippen LogP contribution < -0.4 is 0 Å². The van der Waals surface area contributed by atoms with Gasteiger partial charge in [0.25, 0.3) is 0 Å². The van der Waals surface area contributed by atoms with Gasteiger partial charge in [0.15, 0.2) is 0 Å². The van der Waals surface area contributed by atoms with Gasteiger partial charge >= 0.3 is 0 Å². The Kier molecular flexibility index (Phi) is 3.90. The zero-order valence-electron chi connectivity index (χ0n) is 13.2. The molecule has 2 aromatic rings. The summed E-state index contributed by atoms with van der Waals surface area (Å²) in [5, 5.41) is 19.8. The molecule has 4 rings (SSSR count). The first kappa shape index (κ1) is 15.2. The lowest BCUT2D eigenvalue weighted by Gasteiger charge is -2.45. The Labute approximate surface area is 141 Å². The van der Waals surface area contributed by atoms with E-state index in [9.17, 15) is 5.11 Å². The summed E-state index contributed by atoms with van der Waals surface area (Å²) in [4.78, 5) is 0. The van der Waals surface area contributed by atoms with Crippen molar-refractivity contribution in [1.82, 2.24) is 14.8 Å². The van der Waals surface area contributed by atoms with Crippen molar-refractivity contribution in [2.45, 2.75) is 63.0 Å². The maximum Gasteiger partial charge on any atom is 0.143 e. The molecule has 1 aromatic heterocycles. The van der Waals surface area contributed by atoms with Crippen LogP contribution in [0.25, 0.3) is 0 Å². The average Bonchev–Trinajstić information content (AvgIpc) is 2.86. The lowest BCUT2D eigenvalue weighted by atomic mass is 9.62. The van der Waals surface area contributed by atoms with Crippen molar-refractivity contribution in [2.75, 3.05) is 0 Å². The summed E-state index contributed by atoms with van der Waals surface area (Å²) in [5.74, 6) is 2.14. The molecule has 5 heteroatoms. The number of aliphatic hydroxyl groups is 1. The van der Waals surface area contributed by atoms with E-state index in [0.717, 1.165) is 29.6 Å². The first-order valence-corrected chi connectivity index (χ1v) is 8.93. The number of hydrogen-bond acceptors (Lipinski definition) is 3. The molecule has 0 bridgehead atoms. The number of aromatic nitrogens is 3. The standard InChI is InChI=1S/C18H22ClN3O/c19-14-8-6-13(7-9-14)18(11-15(23)12-18)17-21-20-16-5-3-1-2-4-10-22(16)17/h6-9,15,23H,1-5,10-12H2. The number of rotatable bonds is 2. The van der Waals surface area contributed by atoms with Crippen LogP contribution in [0.3, 0.4) is 0 Å². The smallest absolute Gasteiger partial charge is 0.143 e. The Hall–Kier alpha value is -1.39. The predicted octanol–water partition coefficient (Wildman–Crippen LogP) is 3.49. The van der Waals surface area contributed by atoms with Crippen molar-refractivity contribution >= 4 is 11.6 Å². The van der Waals surface area contributed by atoms with Crippen molar-refractivity contribution in [3.63, 3.8) is 0 Å². The summed E-state index contributed by atoms with van der Waals surface area (Å²) in [6, 6.07) is 7.99. The van der Waals surface area contributed by atoms with Crippen LogP contribution >= 0.6 is 11.6 Å². The topological polar surface area (TPSA) is 50.9 Å². The highest BCUT2D eigenvalue weighted by Crippen LogP contribution is 2.48. The van der Waals surface area contributed by atoms with E-state index in [1.807, 2.05) is 12.1 Å². The van der Waals surface area contributed by atoms with E-state index in [-0.39, 0.29) is 11.5 Å². The largest absolute Gasteiger partial charge is 0.393 e. The molecule has 1 saturated carbocycles. The minimum absolute atomic E-state index is 0.214. The Morgan fingerprint density at radius 2 is 1.78 bits per heavy atom. The average molecular weight is 332 g/mol. The molecule has 1 aromatic carbocycles. The van der Waals surface area contributed by atoms with Crippen LogP contribution in [-0.2, 0) is 18.4 Å². The van der Waals surface area contributed by atoms with Gasteiger partial charge in [-0.15, -0.1) is 10.2 Å². The summed E-state index contributed by atoms with van der Waals surface area (Å²) in [7, 11) is 0. The van der Waals surface area contributed by atoms with Gasteiger partial charge in [0.2, 0.25) is 0 Å². The number of fused-ring (bicyclic) bond motifs is 1. The Morgan fingerprint density at radius 3 is 2.52 bits per heavy atom. The van der Waals surface area contributed by atoms with Gasteiger partial charge in [-0.05, 0) is 43.4 Å². The summed E-state index contributed by atoms with van der Waals surface area (Å²) in [5.41, 5.74) is 0.971. The van der Waals surface area contributed by atoms with Crippen LogP contribution in [0, 0.1) is 0 Å². The molecule has 1 fully saturated rings. The zero-order valence-corrected chi connectivity index (χ0v) is 14.0. The molecule has 23 heavy (non-hydrogen) atoms. The normalized spacial score (nSPS) is 27.7. The summed E-state index contributed by atoms with van der Waals surface area (Å²) >= 11 is 6.05. The number of benzene rings is 1. The van der Waals surface area contributed by atoms with Crippen molar-refractivity contribution in [2.24, 2.45) is 0 Å². The van der Waals surface area contributed by atoms with E-state index < -0.39 is 0 Å². The van der Waals surface area contributed by atoms with E-state index in [4.69, 9.17) is 11.6 Å². The quantitative estimate of drug-likeness (QED) is 0.916. The molecule has 4 nitrogen and oxygen atoms in total. The fraction of sp³-hybridized carbons (Fsp3) is 0.556. The van der Waals surface area contributed by atoms with Gasteiger partial charge in [0.05, 0.1) is 11.5 Å². The number of aliphatic hydroxyl groups excluding tert-OH is 1. The molecule has 0 amide bonds. The predicted molar refractivity (Wildman–Crippen MR) is 89.7 cm³/mol. The highest BCUT2D eigenvalue weighted by molar-refractivity contribution is 6.30. The van der Waals surface area contributed by atoms with Gasteiger partial charge in [0, 0.05) is 18.0 Å². The van der Waals surface area contributed by atoms with Crippen molar-refractivity contribution in [3.05, 3.63) is 46.5 Å². The van der Waals surface area contributed by atoms with E-state index in [1.165, 1.54) is 31.2 Å². The van der Waals surface area contributed by atoms with Gasteiger partial charge in [-0.25, -0.2) is 0 Å². The van der Waals surface area contributed by atoms with Gasteiger partial charge in [-0.3, -0.25) is 0 Å². The van der Waals surface area contributed by atoms with E-state index >= 15 is 0 Å². The van der Waals surface area contributed by atoms with Gasteiger partial charge in [0.1, 0.15) is 11.6 Å². The van der Waals surface area contributed by atoms with Gasteiger partial charge in [-0.1, -0.05) is 36.6 Å². The third kappa shape index (κ3) is 2.58. The van der Waals surface area contributed by atoms with Gasteiger partial charge in [-0.2, -0.15) is 0 Å². The van der Waals surface area contributed by atoms with E-state index in [1.54, 1.807) is 0 Å². The number of aryl methyl sites for hydroxylation is 1. The molecule has 122 valence electrons. The van der Waals surface area contributed by atoms with Crippen LogP contribution in [0.2, 0.25) is 5.02 Å². The summed E-state index contributed by atoms with van der Waals surface area (Å²) < 4.78 is 2.32. The van der Waals surface area contributed by atoms with Crippen LogP contribution in [0.15, 0.2) is 24.3 Å². The Bertz CT molecular complexity index is 689. The minimum atomic E-state index is -0.257. The molecule has 0 radical (unpaired) electrons. The Morgan fingerprint density at radius 1 is 1.04 bits per heavy atom. The Balaban J connectivity index is 1.78. The number of halogens is 1. The molecule has 0 spiro atoms. The molecule has 1 aliphatic carbocycles. The molecule has 1 N–H and O–H groups in total. The summed E-state index contributed by atoms with van der Waals surface area (Å²) in [6.45, 7) is 0.989. The SMILES string of the molecule is OC1CC(c2ccc(Cl)cc2)(c2nnc3n2CCCCCC3)C1.